The van der Waals surface area contributed by atoms with Gasteiger partial charge in [0.1, 0.15) is 5.70 Å². The maximum atomic E-state index is 11.4. The summed E-state index contributed by atoms with van der Waals surface area (Å²) in [4.78, 5) is 23.9. The predicted molar refractivity (Wildman–Crippen MR) is 48.4 cm³/mol. The largest absolute Gasteiger partial charge is 0.478 e. The quantitative estimate of drug-likeness (QED) is 0.580. The number of hydrogen-bond acceptors (Lipinski definition) is 3. The van der Waals surface area contributed by atoms with Crippen molar-refractivity contribution < 1.29 is 14.7 Å². The summed E-state index contributed by atoms with van der Waals surface area (Å²) in [7, 11) is 0. The molecule has 0 aromatic carbocycles. The minimum absolute atomic E-state index is 0.188. The van der Waals surface area contributed by atoms with Crippen molar-refractivity contribution in [1.29, 1.82) is 0 Å². The Morgan fingerprint density at radius 1 is 1.57 bits per heavy atom. The number of aliphatic carboxylic acids is 1. The summed E-state index contributed by atoms with van der Waals surface area (Å²) in [6, 6.07) is 0. The van der Waals surface area contributed by atoms with Gasteiger partial charge in [-0.3, -0.25) is 4.79 Å². The molecule has 2 N–H and O–H groups in total. The average Bonchev–Trinajstić information content (AvgIpc) is 2.18. The summed E-state index contributed by atoms with van der Waals surface area (Å²) in [6.07, 6.45) is 3.03. The standard InChI is InChI=1S/C9H10N2O3/c12-8-7-5-6(9(13)14)1-3-11(7)4-2-10-8/h1,5H,2-4H2,(H,10,12)(H,13,14). The first-order chi connectivity index (χ1) is 6.68. The van der Waals surface area contributed by atoms with E-state index < -0.39 is 5.97 Å². The van der Waals surface area contributed by atoms with Crippen molar-refractivity contribution in [3.05, 3.63) is 23.4 Å². The lowest BCUT2D eigenvalue weighted by Crippen LogP contribution is -2.46. The fourth-order valence-corrected chi connectivity index (χ4v) is 1.57. The Balaban J connectivity index is 2.29. The Morgan fingerprint density at radius 2 is 2.36 bits per heavy atom. The topological polar surface area (TPSA) is 69.6 Å². The van der Waals surface area contributed by atoms with Crippen molar-refractivity contribution in [3.63, 3.8) is 0 Å². The Labute approximate surface area is 80.7 Å². The summed E-state index contributed by atoms with van der Waals surface area (Å²) in [5, 5.41) is 11.4. The van der Waals surface area contributed by atoms with E-state index in [0.717, 1.165) is 6.54 Å². The van der Waals surface area contributed by atoms with Crippen molar-refractivity contribution >= 4 is 11.9 Å². The summed E-state index contributed by atoms with van der Waals surface area (Å²) >= 11 is 0. The summed E-state index contributed by atoms with van der Waals surface area (Å²) in [6.45, 7) is 1.86. The molecule has 0 aromatic heterocycles. The molecular formula is C9H10N2O3. The van der Waals surface area contributed by atoms with E-state index in [9.17, 15) is 9.59 Å². The molecule has 2 heterocycles. The number of fused-ring (bicyclic) bond motifs is 1. The van der Waals surface area contributed by atoms with Gasteiger partial charge in [-0.2, -0.15) is 0 Å². The third kappa shape index (κ3) is 1.37. The van der Waals surface area contributed by atoms with Crippen LogP contribution in [0.2, 0.25) is 0 Å². The molecule has 2 rings (SSSR count). The predicted octanol–water partition coefficient (Wildman–Crippen LogP) is -0.673. The number of carboxylic acids is 1. The van der Waals surface area contributed by atoms with Crippen LogP contribution in [0.1, 0.15) is 0 Å². The monoisotopic (exact) mass is 194 g/mol. The van der Waals surface area contributed by atoms with Gasteiger partial charge in [0.2, 0.25) is 0 Å². The number of rotatable bonds is 1. The molecule has 5 heteroatoms. The maximum absolute atomic E-state index is 11.4. The molecule has 0 aromatic rings. The fraction of sp³-hybridized carbons (Fsp3) is 0.333. The molecule has 0 saturated carbocycles. The lowest BCUT2D eigenvalue weighted by atomic mass is 10.1. The zero-order valence-electron chi connectivity index (χ0n) is 7.49. The van der Waals surface area contributed by atoms with Crippen LogP contribution in [-0.2, 0) is 9.59 Å². The molecular weight excluding hydrogens is 184 g/mol. The van der Waals surface area contributed by atoms with Crippen LogP contribution < -0.4 is 5.32 Å². The van der Waals surface area contributed by atoms with Crippen LogP contribution in [0.5, 0.6) is 0 Å². The molecule has 0 unspecified atom stereocenters. The molecule has 0 spiro atoms. The van der Waals surface area contributed by atoms with Gasteiger partial charge in [0.25, 0.3) is 5.91 Å². The van der Waals surface area contributed by atoms with E-state index in [4.69, 9.17) is 5.11 Å². The van der Waals surface area contributed by atoms with Crippen molar-refractivity contribution in [2.45, 2.75) is 0 Å². The van der Waals surface area contributed by atoms with Crippen molar-refractivity contribution in [3.8, 4) is 0 Å². The van der Waals surface area contributed by atoms with Gasteiger partial charge in [-0.15, -0.1) is 0 Å². The molecule has 0 bridgehead atoms. The normalized spacial score (nSPS) is 20.6. The Bertz CT molecular complexity index is 357. The van der Waals surface area contributed by atoms with Crippen LogP contribution in [0.15, 0.2) is 23.4 Å². The van der Waals surface area contributed by atoms with Crippen LogP contribution in [-0.4, -0.2) is 41.5 Å². The molecule has 14 heavy (non-hydrogen) atoms. The number of nitrogens with one attached hydrogen (secondary N) is 1. The first-order valence-electron chi connectivity index (χ1n) is 4.37. The lowest BCUT2D eigenvalue weighted by molar-refractivity contribution is -0.132. The zero-order chi connectivity index (χ0) is 10.1. The van der Waals surface area contributed by atoms with Gasteiger partial charge >= 0.3 is 5.97 Å². The zero-order valence-corrected chi connectivity index (χ0v) is 7.49. The third-order valence-corrected chi connectivity index (χ3v) is 2.31. The van der Waals surface area contributed by atoms with Gasteiger partial charge in [0.05, 0.1) is 5.57 Å². The average molecular weight is 194 g/mol. The van der Waals surface area contributed by atoms with E-state index in [1.807, 2.05) is 4.90 Å². The molecule has 74 valence electrons. The highest BCUT2D eigenvalue weighted by atomic mass is 16.4. The van der Waals surface area contributed by atoms with E-state index in [-0.39, 0.29) is 11.5 Å². The van der Waals surface area contributed by atoms with Gasteiger partial charge in [0.15, 0.2) is 0 Å². The van der Waals surface area contributed by atoms with Gasteiger partial charge in [0, 0.05) is 19.6 Å². The minimum Gasteiger partial charge on any atom is -0.478 e. The molecule has 1 saturated heterocycles. The van der Waals surface area contributed by atoms with Gasteiger partial charge < -0.3 is 15.3 Å². The number of piperazine rings is 1. The van der Waals surface area contributed by atoms with E-state index in [2.05, 4.69) is 5.32 Å². The third-order valence-electron chi connectivity index (χ3n) is 2.31. The lowest BCUT2D eigenvalue weighted by Gasteiger charge is -2.32. The SMILES string of the molecule is O=C(O)C1=CCN2CCNC(=O)C2=C1. The van der Waals surface area contributed by atoms with Crippen LogP contribution in [0.4, 0.5) is 0 Å². The maximum Gasteiger partial charge on any atom is 0.335 e. The van der Waals surface area contributed by atoms with E-state index in [0.29, 0.717) is 18.8 Å². The molecule has 2 aliphatic heterocycles. The second-order valence-electron chi connectivity index (χ2n) is 3.20. The first-order valence-corrected chi connectivity index (χ1v) is 4.37. The highest BCUT2D eigenvalue weighted by Crippen LogP contribution is 2.17. The molecule has 0 aliphatic carbocycles. The van der Waals surface area contributed by atoms with Gasteiger partial charge in [-0.25, -0.2) is 4.79 Å². The second-order valence-corrected chi connectivity index (χ2v) is 3.20. The summed E-state index contributed by atoms with van der Waals surface area (Å²) < 4.78 is 0. The summed E-state index contributed by atoms with van der Waals surface area (Å²) in [5.41, 5.74) is 0.643. The number of carbonyl (C=O) groups is 2. The second kappa shape index (κ2) is 3.17. The Kier molecular flexibility index (Phi) is 1.99. The smallest absolute Gasteiger partial charge is 0.335 e. The van der Waals surface area contributed by atoms with Crippen molar-refractivity contribution in [2.75, 3.05) is 19.6 Å². The van der Waals surface area contributed by atoms with E-state index >= 15 is 0 Å². The summed E-state index contributed by atoms with van der Waals surface area (Å²) in [5.74, 6) is -1.18. The van der Waals surface area contributed by atoms with Crippen LogP contribution in [0, 0.1) is 0 Å². The first kappa shape index (κ1) is 8.80. The highest BCUT2D eigenvalue weighted by molar-refractivity contribution is 5.98. The number of carbonyl (C=O) groups excluding carboxylic acids is 1. The molecule has 0 radical (unpaired) electrons. The minimum atomic E-state index is -0.990. The number of carboxylic acid groups (broad SMARTS) is 1. The van der Waals surface area contributed by atoms with E-state index in [1.165, 1.54) is 6.08 Å². The molecule has 0 atom stereocenters. The number of nitrogens with zero attached hydrogens (tertiary/aromatic N) is 1. The Morgan fingerprint density at radius 3 is 3.07 bits per heavy atom. The molecule has 1 fully saturated rings. The number of amides is 1. The fourth-order valence-electron chi connectivity index (χ4n) is 1.57. The molecule has 2 aliphatic rings. The van der Waals surface area contributed by atoms with Gasteiger partial charge in [-0.1, -0.05) is 6.08 Å². The van der Waals surface area contributed by atoms with Crippen LogP contribution in [0.3, 0.4) is 0 Å². The molecule has 5 nitrogen and oxygen atoms in total. The number of hydrogen-bond donors (Lipinski definition) is 2. The highest BCUT2D eigenvalue weighted by Gasteiger charge is 2.25. The van der Waals surface area contributed by atoms with Crippen LogP contribution >= 0.6 is 0 Å². The van der Waals surface area contributed by atoms with Gasteiger partial charge in [-0.05, 0) is 6.08 Å². The molecule has 1 amide bonds. The van der Waals surface area contributed by atoms with E-state index in [1.54, 1.807) is 6.08 Å². The Hall–Kier alpha value is -1.78. The van der Waals surface area contributed by atoms with Crippen molar-refractivity contribution in [1.82, 2.24) is 10.2 Å². The van der Waals surface area contributed by atoms with Crippen molar-refractivity contribution in [2.24, 2.45) is 0 Å². The van der Waals surface area contributed by atoms with Crippen LogP contribution in [0.25, 0.3) is 0 Å².